The first-order valence-corrected chi connectivity index (χ1v) is 7.31. The van der Waals surface area contributed by atoms with Crippen LogP contribution in [0.5, 0.6) is 0 Å². The van der Waals surface area contributed by atoms with E-state index in [1.807, 2.05) is 7.05 Å². The van der Waals surface area contributed by atoms with Gasteiger partial charge in [-0.1, -0.05) is 20.3 Å². The number of nitrogens with one attached hydrogen (secondary N) is 1. The molecule has 0 aromatic rings. The maximum atomic E-state index is 10.9. The molecule has 14 heavy (non-hydrogen) atoms. The molecule has 0 heterocycles. The number of sulfone groups is 1. The van der Waals surface area contributed by atoms with Crippen LogP contribution < -0.4 is 5.32 Å². The zero-order chi connectivity index (χ0) is 11.2. The van der Waals surface area contributed by atoms with Crippen molar-refractivity contribution in [2.45, 2.75) is 39.2 Å². The quantitative estimate of drug-likeness (QED) is 0.707. The molecular weight excluding hydrogens is 198 g/mol. The van der Waals surface area contributed by atoms with Gasteiger partial charge in [0.1, 0.15) is 9.84 Å². The van der Waals surface area contributed by atoms with Crippen molar-refractivity contribution in [3.05, 3.63) is 0 Å². The van der Waals surface area contributed by atoms with Crippen LogP contribution in [0.4, 0.5) is 0 Å². The topological polar surface area (TPSA) is 46.2 Å². The van der Waals surface area contributed by atoms with Gasteiger partial charge < -0.3 is 5.32 Å². The molecule has 0 aliphatic carbocycles. The molecule has 0 saturated carbocycles. The maximum absolute atomic E-state index is 10.9. The van der Waals surface area contributed by atoms with Gasteiger partial charge in [0.2, 0.25) is 0 Å². The molecule has 0 saturated heterocycles. The van der Waals surface area contributed by atoms with Gasteiger partial charge in [0.25, 0.3) is 0 Å². The largest absolute Gasteiger partial charge is 0.317 e. The first-order chi connectivity index (χ1) is 6.40. The standard InChI is InChI=1S/C10H23NO2S/c1-5-9(2)10(11-3)7-6-8-14(4,12)13/h9-11H,5-8H2,1-4H3. The van der Waals surface area contributed by atoms with Crippen LogP contribution in [0.1, 0.15) is 33.1 Å². The second-order valence-electron chi connectivity index (χ2n) is 4.05. The van der Waals surface area contributed by atoms with Gasteiger partial charge in [-0.05, 0) is 25.8 Å². The maximum Gasteiger partial charge on any atom is 0.147 e. The van der Waals surface area contributed by atoms with Crippen molar-refractivity contribution in [3.63, 3.8) is 0 Å². The third-order valence-electron chi connectivity index (χ3n) is 2.73. The summed E-state index contributed by atoms with van der Waals surface area (Å²) in [5, 5.41) is 3.24. The normalized spacial score (nSPS) is 16.6. The lowest BCUT2D eigenvalue weighted by molar-refractivity contribution is 0.366. The fraction of sp³-hybridized carbons (Fsp3) is 1.00. The third kappa shape index (κ3) is 6.38. The summed E-state index contributed by atoms with van der Waals surface area (Å²) in [6.07, 6.45) is 4.13. The highest BCUT2D eigenvalue weighted by atomic mass is 32.2. The Bertz CT molecular complexity index is 237. The summed E-state index contributed by atoms with van der Waals surface area (Å²) < 4.78 is 21.8. The molecule has 3 nitrogen and oxygen atoms in total. The summed E-state index contributed by atoms with van der Waals surface area (Å²) in [5.41, 5.74) is 0. The van der Waals surface area contributed by atoms with E-state index in [1.165, 1.54) is 6.26 Å². The van der Waals surface area contributed by atoms with E-state index >= 15 is 0 Å². The van der Waals surface area contributed by atoms with E-state index < -0.39 is 9.84 Å². The minimum atomic E-state index is -2.79. The van der Waals surface area contributed by atoms with Crippen molar-refractivity contribution in [1.29, 1.82) is 0 Å². The average Bonchev–Trinajstić information content (AvgIpc) is 2.09. The molecule has 2 unspecified atom stereocenters. The molecule has 2 atom stereocenters. The third-order valence-corrected chi connectivity index (χ3v) is 3.76. The first-order valence-electron chi connectivity index (χ1n) is 5.25. The van der Waals surface area contributed by atoms with Crippen LogP contribution in [0.3, 0.4) is 0 Å². The van der Waals surface area contributed by atoms with Crippen molar-refractivity contribution < 1.29 is 8.42 Å². The van der Waals surface area contributed by atoms with Gasteiger partial charge in [0.05, 0.1) is 0 Å². The molecule has 0 aromatic heterocycles. The van der Waals surface area contributed by atoms with Gasteiger partial charge in [-0.2, -0.15) is 0 Å². The van der Waals surface area contributed by atoms with Gasteiger partial charge in [0, 0.05) is 18.1 Å². The highest BCUT2D eigenvalue weighted by Gasteiger charge is 2.13. The van der Waals surface area contributed by atoms with Gasteiger partial charge in [-0.3, -0.25) is 0 Å². The van der Waals surface area contributed by atoms with Crippen molar-refractivity contribution >= 4 is 9.84 Å². The lowest BCUT2D eigenvalue weighted by Crippen LogP contribution is -2.32. The van der Waals surface area contributed by atoms with Crippen molar-refractivity contribution in [3.8, 4) is 0 Å². The summed E-state index contributed by atoms with van der Waals surface area (Å²) in [5.74, 6) is 0.918. The molecule has 0 amide bonds. The molecule has 0 fully saturated rings. The Labute approximate surface area is 88.2 Å². The number of rotatable bonds is 7. The van der Waals surface area contributed by atoms with Crippen LogP contribution in [0.25, 0.3) is 0 Å². The summed E-state index contributed by atoms with van der Waals surface area (Å²) in [6.45, 7) is 4.35. The van der Waals surface area contributed by atoms with Gasteiger partial charge in [0.15, 0.2) is 0 Å². The summed E-state index contributed by atoms with van der Waals surface area (Å²) >= 11 is 0. The van der Waals surface area contributed by atoms with Gasteiger partial charge in [-0.25, -0.2) is 8.42 Å². The van der Waals surface area contributed by atoms with Gasteiger partial charge >= 0.3 is 0 Å². The van der Waals surface area contributed by atoms with Crippen LogP contribution >= 0.6 is 0 Å². The summed E-state index contributed by atoms with van der Waals surface area (Å²) in [4.78, 5) is 0. The van der Waals surface area contributed by atoms with E-state index in [-0.39, 0.29) is 0 Å². The Morgan fingerprint density at radius 1 is 1.36 bits per heavy atom. The van der Waals surface area contributed by atoms with E-state index in [2.05, 4.69) is 19.2 Å². The van der Waals surface area contributed by atoms with Crippen LogP contribution in [0.2, 0.25) is 0 Å². The smallest absolute Gasteiger partial charge is 0.147 e. The first kappa shape index (κ1) is 13.9. The Balaban J connectivity index is 3.85. The Hall–Kier alpha value is -0.0900. The molecule has 0 aliphatic rings. The lowest BCUT2D eigenvalue weighted by Gasteiger charge is -2.22. The molecule has 0 bridgehead atoms. The Kier molecular flexibility index (Phi) is 6.36. The molecule has 0 aromatic carbocycles. The zero-order valence-corrected chi connectivity index (χ0v) is 10.5. The van der Waals surface area contributed by atoms with Crippen molar-refractivity contribution in [1.82, 2.24) is 5.32 Å². The predicted octanol–water partition coefficient (Wildman–Crippen LogP) is 1.45. The fourth-order valence-electron chi connectivity index (χ4n) is 1.56. The van der Waals surface area contributed by atoms with E-state index in [9.17, 15) is 8.42 Å². The van der Waals surface area contributed by atoms with Crippen LogP contribution in [-0.4, -0.2) is 33.5 Å². The molecule has 0 rings (SSSR count). The average molecular weight is 221 g/mol. The second-order valence-corrected chi connectivity index (χ2v) is 6.31. The highest BCUT2D eigenvalue weighted by Crippen LogP contribution is 2.12. The zero-order valence-electron chi connectivity index (χ0n) is 9.71. The lowest BCUT2D eigenvalue weighted by atomic mass is 9.96. The number of hydrogen-bond acceptors (Lipinski definition) is 3. The van der Waals surface area contributed by atoms with Crippen molar-refractivity contribution in [2.75, 3.05) is 19.1 Å². The highest BCUT2D eigenvalue weighted by molar-refractivity contribution is 7.90. The van der Waals surface area contributed by atoms with E-state index in [0.29, 0.717) is 17.7 Å². The SMILES string of the molecule is CCC(C)C(CCCS(C)(=O)=O)NC. The Morgan fingerprint density at radius 3 is 2.29 bits per heavy atom. The summed E-state index contributed by atoms with van der Waals surface area (Å²) in [7, 11) is -0.846. The molecule has 1 N–H and O–H groups in total. The monoisotopic (exact) mass is 221 g/mol. The predicted molar refractivity (Wildman–Crippen MR) is 61.2 cm³/mol. The van der Waals surface area contributed by atoms with E-state index in [1.54, 1.807) is 0 Å². The Morgan fingerprint density at radius 2 is 1.93 bits per heavy atom. The van der Waals surface area contributed by atoms with E-state index in [0.717, 1.165) is 19.3 Å². The van der Waals surface area contributed by atoms with Crippen LogP contribution in [0.15, 0.2) is 0 Å². The van der Waals surface area contributed by atoms with Crippen LogP contribution in [-0.2, 0) is 9.84 Å². The molecular formula is C10H23NO2S. The van der Waals surface area contributed by atoms with E-state index in [4.69, 9.17) is 0 Å². The number of hydrogen-bond donors (Lipinski definition) is 1. The summed E-state index contributed by atoms with van der Waals surface area (Å²) in [6, 6.07) is 0.446. The minimum absolute atomic E-state index is 0.307. The van der Waals surface area contributed by atoms with Crippen LogP contribution in [0, 0.1) is 5.92 Å². The van der Waals surface area contributed by atoms with Crippen molar-refractivity contribution in [2.24, 2.45) is 5.92 Å². The fourth-order valence-corrected chi connectivity index (χ4v) is 2.25. The molecule has 86 valence electrons. The molecule has 0 aliphatic heterocycles. The molecule has 0 radical (unpaired) electrons. The van der Waals surface area contributed by atoms with Gasteiger partial charge in [-0.15, -0.1) is 0 Å². The second kappa shape index (κ2) is 6.40. The molecule has 0 spiro atoms. The molecule has 4 heteroatoms. The minimum Gasteiger partial charge on any atom is -0.317 e.